The van der Waals surface area contributed by atoms with Gasteiger partial charge in [0, 0.05) is 26.2 Å². The van der Waals surface area contributed by atoms with Crippen LogP contribution in [0.2, 0.25) is 10.0 Å². The summed E-state index contributed by atoms with van der Waals surface area (Å²) >= 11 is 12.1. The average Bonchev–Trinajstić information content (AvgIpc) is 2.77. The zero-order valence-electron chi connectivity index (χ0n) is 16.1. The van der Waals surface area contributed by atoms with Crippen molar-refractivity contribution in [1.29, 1.82) is 0 Å². The summed E-state index contributed by atoms with van der Waals surface area (Å²) in [6.45, 7) is 3.67. The second kappa shape index (κ2) is 9.45. The van der Waals surface area contributed by atoms with Gasteiger partial charge in [-0.2, -0.15) is 5.10 Å². The topological polar surface area (TPSA) is 18.8 Å². The first-order chi connectivity index (χ1) is 14.2. The van der Waals surface area contributed by atoms with Crippen LogP contribution in [-0.2, 0) is 0 Å². The predicted molar refractivity (Wildman–Crippen MR) is 122 cm³/mol. The summed E-state index contributed by atoms with van der Waals surface area (Å²) in [5.41, 5.74) is 3.60. The smallest absolute Gasteiger partial charge is 0.0603 e. The molecule has 0 saturated carbocycles. The molecule has 0 radical (unpaired) electrons. The molecule has 0 spiro atoms. The Balaban J connectivity index is 1.45. The molecule has 148 valence electrons. The van der Waals surface area contributed by atoms with Crippen LogP contribution in [0.25, 0.3) is 0 Å². The van der Waals surface area contributed by atoms with Crippen molar-refractivity contribution in [3.8, 4) is 0 Å². The van der Waals surface area contributed by atoms with Gasteiger partial charge >= 0.3 is 0 Å². The van der Waals surface area contributed by atoms with Gasteiger partial charge in [0.05, 0.1) is 22.3 Å². The van der Waals surface area contributed by atoms with Gasteiger partial charge in [0.15, 0.2) is 0 Å². The minimum atomic E-state index is 0.263. The minimum absolute atomic E-state index is 0.263. The molecule has 0 atom stereocenters. The van der Waals surface area contributed by atoms with Crippen molar-refractivity contribution in [3.05, 3.63) is 106 Å². The third-order valence-corrected chi connectivity index (χ3v) is 5.94. The number of hydrogen-bond donors (Lipinski definition) is 0. The Labute approximate surface area is 182 Å². The number of rotatable bonds is 5. The lowest BCUT2D eigenvalue weighted by Gasteiger charge is -2.38. The van der Waals surface area contributed by atoms with Crippen molar-refractivity contribution >= 4 is 29.4 Å². The lowest BCUT2D eigenvalue weighted by molar-refractivity contribution is 0.113. The van der Waals surface area contributed by atoms with E-state index in [1.807, 2.05) is 18.3 Å². The highest BCUT2D eigenvalue weighted by Crippen LogP contribution is 2.29. The maximum atomic E-state index is 6.09. The number of hydrogen-bond acceptors (Lipinski definition) is 3. The molecule has 1 aliphatic rings. The Kier molecular flexibility index (Phi) is 6.50. The van der Waals surface area contributed by atoms with E-state index in [1.54, 1.807) is 6.07 Å². The van der Waals surface area contributed by atoms with Crippen molar-refractivity contribution in [2.45, 2.75) is 6.04 Å². The number of hydrazone groups is 1. The zero-order chi connectivity index (χ0) is 20.1. The van der Waals surface area contributed by atoms with Crippen molar-refractivity contribution in [1.82, 2.24) is 9.91 Å². The van der Waals surface area contributed by atoms with Crippen LogP contribution >= 0.6 is 23.2 Å². The summed E-state index contributed by atoms with van der Waals surface area (Å²) in [6.07, 6.45) is 1.85. The second-order valence-corrected chi connectivity index (χ2v) is 7.95. The Bertz CT molecular complexity index is 913. The van der Waals surface area contributed by atoms with E-state index in [4.69, 9.17) is 23.2 Å². The summed E-state index contributed by atoms with van der Waals surface area (Å²) < 4.78 is 0. The molecule has 1 heterocycles. The Morgan fingerprint density at radius 3 is 1.86 bits per heavy atom. The first-order valence-corrected chi connectivity index (χ1v) is 10.5. The molecule has 29 heavy (non-hydrogen) atoms. The summed E-state index contributed by atoms with van der Waals surface area (Å²) in [5.74, 6) is 0. The zero-order valence-corrected chi connectivity index (χ0v) is 17.6. The fourth-order valence-electron chi connectivity index (χ4n) is 3.71. The van der Waals surface area contributed by atoms with E-state index in [0.717, 1.165) is 31.7 Å². The summed E-state index contributed by atoms with van der Waals surface area (Å²) in [4.78, 5) is 2.54. The van der Waals surface area contributed by atoms with Crippen LogP contribution < -0.4 is 0 Å². The molecule has 0 aliphatic carbocycles. The van der Waals surface area contributed by atoms with Crippen LogP contribution in [0.3, 0.4) is 0 Å². The monoisotopic (exact) mass is 423 g/mol. The van der Waals surface area contributed by atoms with E-state index in [2.05, 4.69) is 75.7 Å². The van der Waals surface area contributed by atoms with Gasteiger partial charge in [0.25, 0.3) is 0 Å². The molecule has 3 aromatic rings. The first kappa shape index (κ1) is 20.0. The van der Waals surface area contributed by atoms with Crippen LogP contribution in [0.1, 0.15) is 22.7 Å². The number of piperazine rings is 1. The van der Waals surface area contributed by atoms with Crippen LogP contribution in [-0.4, -0.2) is 42.3 Å². The SMILES string of the molecule is Clc1ccc(C=NN2CCN(C(c3ccccc3)c3ccccc3)CC2)cc1Cl. The fourth-order valence-corrected chi connectivity index (χ4v) is 4.02. The normalized spacial score (nSPS) is 15.3. The van der Waals surface area contributed by atoms with Gasteiger partial charge in [0.1, 0.15) is 0 Å². The van der Waals surface area contributed by atoms with Crippen LogP contribution in [0, 0.1) is 0 Å². The molecular weight excluding hydrogens is 401 g/mol. The summed E-state index contributed by atoms with van der Waals surface area (Å²) in [6, 6.07) is 27.3. The molecule has 3 nitrogen and oxygen atoms in total. The van der Waals surface area contributed by atoms with Gasteiger partial charge in [-0.05, 0) is 28.8 Å². The van der Waals surface area contributed by atoms with Gasteiger partial charge in [-0.1, -0.05) is 89.9 Å². The molecule has 1 aliphatic heterocycles. The van der Waals surface area contributed by atoms with E-state index >= 15 is 0 Å². The standard InChI is InChI=1S/C24H23Cl2N3/c25-22-12-11-19(17-23(22)26)18-27-29-15-13-28(14-16-29)24(20-7-3-1-4-8-20)21-9-5-2-6-10-21/h1-12,17-18,24H,13-16H2. The van der Waals surface area contributed by atoms with E-state index in [-0.39, 0.29) is 6.04 Å². The fraction of sp³-hybridized carbons (Fsp3) is 0.208. The maximum Gasteiger partial charge on any atom is 0.0603 e. The van der Waals surface area contributed by atoms with E-state index in [1.165, 1.54) is 11.1 Å². The molecular formula is C24H23Cl2N3. The molecule has 0 amide bonds. The second-order valence-electron chi connectivity index (χ2n) is 7.13. The lowest BCUT2D eigenvalue weighted by Crippen LogP contribution is -2.45. The van der Waals surface area contributed by atoms with Crippen LogP contribution in [0.5, 0.6) is 0 Å². The number of benzene rings is 3. The van der Waals surface area contributed by atoms with Gasteiger partial charge in [-0.15, -0.1) is 0 Å². The lowest BCUT2D eigenvalue weighted by atomic mass is 9.96. The van der Waals surface area contributed by atoms with Gasteiger partial charge in [-0.25, -0.2) is 0 Å². The van der Waals surface area contributed by atoms with Crippen molar-refractivity contribution in [2.24, 2.45) is 5.10 Å². The van der Waals surface area contributed by atoms with Gasteiger partial charge in [0.2, 0.25) is 0 Å². The Morgan fingerprint density at radius 2 is 1.31 bits per heavy atom. The highest BCUT2D eigenvalue weighted by atomic mass is 35.5. The number of nitrogens with zero attached hydrogens (tertiary/aromatic N) is 3. The van der Waals surface area contributed by atoms with E-state index in [9.17, 15) is 0 Å². The molecule has 1 saturated heterocycles. The highest BCUT2D eigenvalue weighted by molar-refractivity contribution is 6.42. The van der Waals surface area contributed by atoms with Gasteiger partial charge in [-0.3, -0.25) is 9.91 Å². The van der Waals surface area contributed by atoms with Crippen molar-refractivity contribution in [3.63, 3.8) is 0 Å². The molecule has 0 aromatic heterocycles. The molecule has 5 heteroatoms. The quantitative estimate of drug-likeness (QED) is 0.487. The molecule has 3 aromatic carbocycles. The summed E-state index contributed by atoms with van der Waals surface area (Å²) in [5, 5.41) is 7.87. The highest BCUT2D eigenvalue weighted by Gasteiger charge is 2.25. The Hall–Kier alpha value is -2.33. The Morgan fingerprint density at radius 1 is 0.724 bits per heavy atom. The molecule has 1 fully saturated rings. The largest absolute Gasteiger partial charge is 0.294 e. The molecule has 0 bridgehead atoms. The summed E-state index contributed by atoms with van der Waals surface area (Å²) in [7, 11) is 0. The van der Waals surface area contributed by atoms with Crippen LogP contribution in [0.4, 0.5) is 0 Å². The van der Waals surface area contributed by atoms with E-state index in [0.29, 0.717) is 10.0 Å². The third kappa shape index (κ3) is 4.99. The van der Waals surface area contributed by atoms with Crippen LogP contribution in [0.15, 0.2) is 84.0 Å². The average molecular weight is 424 g/mol. The molecule has 0 N–H and O–H groups in total. The molecule has 4 rings (SSSR count). The van der Waals surface area contributed by atoms with Crippen molar-refractivity contribution < 1.29 is 0 Å². The maximum absolute atomic E-state index is 6.09. The molecule has 0 unspecified atom stereocenters. The minimum Gasteiger partial charge on any atom is -0.294 e. The van der Waals surface area contributed by atoms with E-state index < -0.39 is 0 Å². The van der Waals surface area contributed by atoms with Gasteiger partial charge < -0.3 is 0 Å². The third-order valence-electron chi connectivity index (χ3n) is 5.20. The van der Waals surface area contributed by atoms with Crippen molar-refractivity contribution in [2.75, 3.05) is 26.2 Å². The predicted octanol–water partition coefficient (Wildman–Crippen LogP) is 5.73. The number of halogens is 2. The first-order valence-electron chi connectivity index (χ1n) is 9.78.